The molecule has 9 heteroatoms. The van der Waals surface area contributed by atoms with Crippen molar-refractivity contribution in [3.63, 3.8) is 0 Å². The highest BCUT2D eigenvalue weighted by Gasteiger charge is 2.52. The van der Waals surface area contributed by atoms with E-state index in [0.29, 0.717) is 19.0 Å². The van der Waals surface area contributed by atoms with Gasteiger partial charge in [0, 0.05) is 23.5 Å². The maximum absolute atomic E-state index is 13.4. The van der Waals surface area contributed by atoms with Crippen molar-refractivity contribution < 1.29 is 22.8 Å². The van der Waals surface area contributed by atoms with Crippen molar-refractivity contribution in [3.05, 3.63) is 35.6 Å². The van der Waals surface area contributed by atoms with E-state index in [1.165, 1.54) is 12.1 Å². The zero-order valence-corrected chi connectivity index (χ0v) is 19.5. The van der Waals surface area contributed by atoms with Gasteiger partial charge in [0.1, 0.15) is 12.0 Å². The minimum Gasteiger partial charge on any atom is -0.361 e. The number of halogens is 2. The van der Waals surface area contributed by atoms with Crippen LogP contribution in [0.15, 0.2) is 29.4 Å². The van der Waals surface area contributed by atoms with E-state index in [-0.39, 0.29) is 17.4 Å². The fourth-order valence-corrected chi connectivity index (χ4v) is 5.97. The lowest BCUT2D eigenvalue weighted by molar-refractivity contribution is -0.0948. The van der Waals surface area contributed by atoms with Crippen LogP contribution in [0, 0.1) is 11.2 Å². The number of hydrogen-bond donors (Lipinski definition) is 0. The number of amidine groups is 1. The molecule has 6 nitrogen and oxygen atoms in total. The topological polar surface area (TPSA) is 60.4 Å². The molecule has 156 valence electrons. The van der Waals surface area contributed by atoms with Gasteiger partial charge in [-0.05, 0) is 44.2 Å². The van der Waals surface area contributed by atoms with Gasteiger partial charge in [0.25, 0.3) is 0 Å². The molecule has 1 atom stereocenters. The third-order valence-corrected chi connectivity index (χ3v) is 8.85. The zero-order chi connectivity index (χ0) is 20.4. The molecule has 1 heterocycles. The summed E-state index contributed by atoms with van der Waals surface area (Å²) in [5.41, 5.74) is 0.0881. The van der Waals surface area contributed by atoms with Crippen LogP contribution in [0.4, 0.5) is 4.39 Å². The summed E-state index contributed by atoms with van der Waals surface area (Å²) in [5, 5.41) is 4.28. The molecule has 0 radical (unpaired) electrons. The van der Waals surface area contributed by atoms with Crippen molar-refractivity contribution in [3.8, 4) is 0 Å². The Morgan fingerprint density at radius 3 is 2.36 bits per heavy atom. The number of benzene rings is 1. The van der Waals surface area contributed by atoms with Crippen molar-refractivity contribution in [1.82, 2.24) is 4.90 Å². The largest absolute Gasteiger partial charge is 0.361 e. The Balaban J connectivity index is 1.91. The van der Waals surface area contributed by atoms with Gasteiger partial charge < -0.3 is 18.8 Å². The Kier molecular flexibility index (Phi) is 6.74. The molecule has 0 aromatic heterocycles. The molecular formula is C19H27FIN2O4P. The van der Waals surface area contributed by atoms with Crippen molar-refractivity contribution >= 4 is 36.0 Å². The minimum atomic E-state index is -3.33. The van der Waals surface area contributed by atoms with E-state index in [9.17, 15) is 8.96 Å². The summed E-state index contributed by atoms with van der Waals surface area (Å²) in [7, 11) is -3.33. The fourth-order valence-electron chi connectivity index (χ4n) is 3.35. The van der Waals surface area contributed by atoms with Gasteiger partial charge in [-0.1, -0.05) is 39.9 Å². The third-order valence-electron chi connectivity index (χ3n) is 5.26. The Hall–Kier alpha value is -0.700. The van der Waals surface area contributed by atoms with Crippen LogP contribution in [0.3, 0.4) is 0 Å². The fraction of sp³-hybridized carbons (Fsp3) is 0.632. The predicted octanol–water partition coefficient (Wildman–Crippen LogP) is 5.13. The first-order valence-corrected chi connectivity index (χ1v) is 12.8. The van der Waals surface area contributed by atoms with Crippen LogP contribution in [-0.2, 0) is 24.2 Å². The molecule has 0 bridgehead atoms. The second-order valence-corrected chi connectivity index (χ2v) is 10.2. The van der Waals surface area contributed by atoms with Crippen LogP contribution in [0.25, 0.3) is 0 Å². The summed E-state index contributed by atoms with van der Waals surface area (Å²) in [6.45, 7) is 6.78. The van der Waals surface area contributed by atoms with Crippen molar-refractivity contribution in [1.29, 1.82) is 0 Å². The number of hydrogen-bond acceptors (Lipinski definition) is 6. The smallest absolute Gasteiger partial charge is 0.338 e. The van der Waals surface area contributed by atoms with Crippen LogP contribution >= 0.6 is 30.2 Å². The molecule has 1 unspecified atom stereocenters. The average molecular weight is 524 g/mol. The zero-order valence-electron chi connectivity index (χ0n) is 16.5. The lowest BCUT2D eigenvalue weighted by Gasteiger charge is -2.37. The Bertz CT molecular complexity index is 762. The Labute approximate surface area is 179 Å². The molecule has 0 N–H and O–H groups in total. The van der Waals surface area contributed by atoms with Crippen molar-refractivity contribution in [2.24, 2.45) is 10.6 Å². The second kappa shape index (κ2) is 8.58. The highest BCUT2D eigenvalue weighted by molar-refractivity contribution is 14.1. The van der Waals surface area contributed by atoms with Gasteiger partial charge in [0.05, 0.1) is 13.2 Å². The van der Waals surface area contributed by atoms with E-state index in [0.717, 1.165) is 29.4 Å². The number of rotatable bonds is 10. The SMILES string of the molecule is CCOP(=O)(CC1=NOC(C)(c2ccc(F)cc2)N1CC1(CI)CC1)OCC. The van der Waals surface area contributed by atoms with Gasteiger partial charge >= 0.3 is 7.60 Å². The van der Waals surface area contributed by atoms with Crippen LogP contribution < -0.4 is 0 Å². The first-order valence-electron chi connectivity index (χ1n) is 9.52. The van der Waals surface area contributed by atoms with Crippen molar-refractivity contribution in [2.75, 3.05) is 30.3 Å². The Morgan fingerprint density at radius 2 is 1.86 bits per heavy atom. The Morgan fingerprint density at radius 1 is 1.25 bits per heavy atom. The number of alkyl halides is 1. The van der Waals surface area contributed by atoms with E-state index in [2.05, 4.69) is 32.6 Å². The molecule has 1 aromatic carbocycles. The summed E-state index contributed by atoms with van der Waals surface area (Å²) >= 11 is 2.41. The van der Waals surface area contributed by atoms with E-state index in [4.69, 9.17) is 13.9 Å². The standard InChI is InChI=1S/C19H27FIN2O4P/c1-4-25-28(24,26-5-2)12-17-22-27-18(3,15-6-8-16(20)9-7-15)23(17)14-19(13-21)10-11-19/h6-9H,4-5,10-14H2,1-3H3. The third kappa shape index (κ3) is 4.55. The minimum absolute atomic E-state index is 0.0444. The highest BCUT2D eigenvalue weighted by Crippen LogP contribution is 2.53. The van der Waals surface area contributed by atoms with Gasteiger partial charge in [0.2, 0.25) is 5.72 Å². The highest BCUT2D eigenvalue weighted by atomic mass is 127. The van der Waals surface area contributed by atoms with Gasteiger partial charge in [0.15, 0.2) is 5.84 Å². The van der Waals surface area contributed by atoms with Crippen LogP contribution in [-0.4, -0.2) is 41.1 Å². The molecule has 28 heavy (non-hydrogen) atoms. The molecule has 2 aliphatic rings. The molecule has 1 fully saturated rings. The average Bonchev–Trinajstić information content (AvgIpc) is 3.38. The molecule has 1 aromatic rings. The summed E-state index contributed by atoms with van der Waals surface area (Å²) in [4.78, 5) is 7.92. The van der Waals surface area contributed by atoms with Crippen LogP contribution in [0.5, 0.6) is 0 Å². The van der Waals surface area contributed by atoms with Gasteiger partial charge in [-0.25, -0.2) is 4.39 Å². The molecule has 0 amide bonds. The molecule has 1 aliphatic heterocycles. The predicted molar refractivity (Wildman–Crippen MR) is 115 cm³/mol. The molecular weight excluding hydrogens is 497 g/mol. The van der Waals surface area contributed by atoms with Gasteiger partial charge in [-0.15, -0.1) is 0 Å². The second-order valence-electron chi connectivity index (χ2n) is 7.41. The van der Waals surface area contributed by atoms with E-state index < -0.39 is 13.3 Å². The van der Waals surface area contributed by atoms with E-state index in [1.54, 1.807) is 26.0 Å². The summed E-state index contributed by atoms with van der Waals surface area (Å²) in [5.74, 6) is 0.245. The van der Waals surface area contributed by atoms with Crippen LogP contribution in [0.2, 0.25) is 0 Å². The molecule has 1 aliphatic carbocycles. The normalized spacial score (nSPS) is 23.5. The lowest BCUT2D eigenvalue weighted by atomic mass is 10.00. The monoisotopic (exact) mass is 524 g/mol. The van der Waals surface area contributed by atoms with Crippen molar-refractivity contribution in [2.45, 2.75) is 39.3 Å². The molecule has 0 saturated heterocycles. The van der Waals surface area contributed by atoms with E-state index in [1.807, 2.05) is 6.92 Å². The molecule has 3 rings (SSSR count). The summed E-state index contributed by atoms with van der Waals surface area (Å²) in [6, 6.07) is 6.23. The summed E-state index contributed by atoms with van der Waals surface area (Å²) in [6.07, 6.45) is 2.31. The maximum atomic E-state index is 13.4. The molecule has 1 saturated carbocycles. The number of nitrogens with zero attached hydrogens (tertiary/aromatic N) is 2. The number of oxime groups is 1. The molecule has 0 spiro atoms. The first-order chi connectivity index (χ1) is 13.3. The van der Waals surface area contributed by atoms with Gasteiger partial charge in [-0.3, -0.25) is 4.57 Å². The summed E-state index contributed by atoms with van der Waals surface area (Å²) < 4.78 is 38.5. The van der Waals surface area contributed by atoms with Gasteiger partial charge in [-0.2, -0.15) is 0 Å². The lowest BCUT2D eigenvalue weighted by Crippen LogP contribution is -2.48. The first kappa shape index (κ1) is 22.0. The maximum Gasteiger partial charge on any atom is 0.338 e. The van der Waals surface area contributed by atoms with Crippen LogP contribution in [0.1, 0.15) is 39.2 Å². The quantitative estimate of drug-likeness (QED) is 0.242. The van der Waals surface area contributed by atoms with E-state index >= 15 is 0 Å².